The van der Waals surface area contributed by atoms with E-state index in [1.165, 1.54) is 17.8 Å². The normalized spacial score (nSPS) is 13.4. The third-order valence-electron chi connectivity index (χ3n) is 3.46. The second-order valence-electron chi connectivity index (χ2n) is 5.45. The summed E-state index contributed by atoms with van der Waals surface area (Å²) in [6.45, 7) is 4.08. The molecule has 25 heavy (non-hydrogen) atoms. The van der Waals surface area contributed by atoms with Gasteiger partial charge in [0, 0.05) is 7.11 Å². The number of carbonyl (C=O) groups is 1. The highest BCUT2D eigenvalue weighted by atomic mass is 32.2. The maximum Gasteiger partial charge on any atom is 0.230 e. The van der Waals surface area contributed by atoms with Gasteiger partial charge in [-0.1, -0.05) is 23.9 Å². The SMILES string of the molecule is COCC(C)n1c(COc2ccccc2F)nnc1SC(C)C(N)=O. The second-order valence-corrected chi connectivity index (χ2v) is 6.76. The Balaban J connectivity index is 2.23. The Labute approximate surface area is 149 Å². The van der Waals surface area contributed by atoms with Crippen molar-refractivity contribution in [2.45, 2.75) is 36.9 Å². The van der Waals surface area contributed by atoms with E-state index in [0.717, 1.165) is 0 Å². The van der Waals surface area contributed by atoms with Crippen LogP contribution in [0.2, 0.25) is 0 Å². The number of hydrogen-bond donors (Lipinski definition) is 1. The number of primary amides is 1. The highest BCUT2D eigenvalue weighted by molar-refractivity contribution is 8.00. The lowest BCUT2D eigenvalue weighted by Crippen LogP contribution is -2.24. The molecule has 0 fully saturated rings. The summed E-state index contributed by atoms with van der Waals surface area (Å²) in [7, 11) is 1.59. The number of para-hydroxylation sites is 1. The number of methoxy groups -OCH3 is 1. The summed E-state index contributed by atoms with van der Waals surface area (Å²) >= 11 is 1.21. The number of hydrogen-bond acceptors (Lipinski definition) is 6. The van der Waals surface area contributed by atoms with Gasteiger partial charge in [-0.15, -0.1) is 10.2 Å². The minimum Gasteiger partial charge on any atom is -0.483 e. The van der Waals surface area contributed by atoms with Crippen molar-refractivity contribution in [2.75, 3.05) is 13.7 Å². The maximum absolute atomic E-state index is 13.7. The molecule has 2 rings (SSSR count). The third kappa shape index (κ3) is 4.93. The first kappa shape index (κ1) is 19.2. The van der Waals surface area contributed by atoms with Crippen LogP contribution in [0.5, 0.6) is 5.75 Å². The van der Waals surface area contributed by atoms with E-state index in [1.807, 2.05) is 11.5 Å². The van der Waals surface area contributed by atoms with E-state index < -0.39 is 17.0 Å². The maximum atomic E-state index is 13.7. The van der Waals surface area contributed by atoms with E-state index >= 15 is 0 Å². The molecule has 7 nitrogen and oxygen atoms in total. The Morgan fingerprint density at radius 1 is 1.36 bits per heavy atom. The van der Waals surface area contributed by atoms with Crippen LogP contribution in [0.1, 0.15) is 25.7 Å². The second kappa shape index (κ2) is 8.82. The summed E-state index contributed by atoms with van der Waals surface area (Å²) in [6.07, 6.45) is 0. The first-order valence-electron chi connectivity index (χ1n) is 7.70. The van der Waals surface area contributed by atoms with Crippen molar-refractivity contribution in [3.63, 3.8) is 0 Å². The Hall–Kier alpha value is -2.13. The molecular weight excluding hydrogens is 347 g/mol. The molecule has 1 aromatic carbocycles. The van der Waals surface area contributed by atoms with Gasteiger partial charge in [-0.25, -0.2) is 4.39 Å². The van der Waals surface area contributed by atoms with Crippen molar-refractivity contribution >= 4 is 17.7 Å². The lowest BCUT2D eigenvalue weighted by molar-refractivity contribution is -0.117. The first-order chi connectivity index (χ1) is 11.9. The molecule has 2 unspecified atom stereocenters. The van der Waals surface area contributed by atoms with Crippen LogP contribution in [-0.2, 0) is 16.1 Å². The summed E-state index contributed by atoms with van der Waals surface area (Å²) in [5, 5.41) is 8.30. The van der Waals surface area contributed by atoms with Crippen LogP contribution in [-0.4, -0.2) is 39.6 Å². The van der Waals surface area contributed by atoms with Gasteiger partial charge in [0.15, 0.2) is 22.5 Å². The fraction of sp³-hybridized carbons (Fsp3) is 0.438. The summed E-state index contributed by atoms with van der Waals surface area (Å²) < 4.78 is 26.2. The number of benzene rings is 1. The summed E-state index contributed by atoms with van der Waals surface area (Å²) in [5.41, 5.74) is 5.32. The Kier molecular flexibility index (Phi) is 6.77. The Morgan fingerprint density at radius 2 is 2.08 bits per heavy atom. The quantitative estimate of drug-likeness (QED) is 0.682. The summed E-state index contributed by atoms with van der Waals surface area (Å²) in [5.74, 6) is -0.248. The van der Waals surface area contributed by atoms with Crippen molar-refractivity contribution < 1.29 is 18.7 Å². The predicted molar refractivity (Wildman–Crippen MR) is 91.9 cm³/mol. The number of nitrogens with two attached hydrogens (primary N) is 1. The molecule has 0 spiro atoms. The van der Waals surface area contributed by atoms with Crippen molar-refractivity contribution in [2.24, 2.45) is 5.73 Å². The van der Waals surface area contributed by atoms with Crippen molar-refractivity contribution in [3.05, 3.63) is 35.9 Å². The molecule has 0 aliphatic carbocycles. The van der Waals surface area contributed by atoms with Gasteiger partial charge in [-0.3, -0.25) is 9.36 Å². The van der Waals surface area contributed by atoms with Gasteiger partial charge in [-0.05, 0) is 26.0 Å². The van der Waals surface area contributed by atoms with Crippen LogP contribution in [0.3, 0.4) is 0 Å². The van der Waals surface area contributed by atoms with Gasteiger partial charge in [0.2, 0.25) is 5.91 Å². The zero-order valence-corrected chi connectivity index (χ0v) is 15.1. The zero-order chi connectivity index (χ0) is 18.4. The highest BCUT2D eigenvalue weighted by Crippen LogP contribution is 2.26. The van der Waals surface area contributed by atoms with E-state index in [0.29, 0.717) is 17.6 Å². The van der Waals surface area contributed by atoms with Gasteiger partial charge in [0.05, 0.1) is 17.9 Å². The van der Waals surface area contributed by atoms with Crippen molar-refractivity contribution in [1.29, 1.82) is 0 Å². The number of carbonyl (C=O) groups excluding carboxylic acids is 1. The fourth-order valence-corrected chi connectivity index (χ4v) is 3.08. The van der Waals surface area contributed by atoms with Gasteiger partial charge < -0.3 is 15.2 Å². The monoisotopic (exact) mass is 368 g/mol. The predicted octanol–water partition coefficient (Wildman–Crippen LogP) is 2.17. The van der Waals surface area contributed by atoms with Crippen molar-refractivity contribution in [1.82, 2.24) is 14.8 Å². The number of halogens is 1. The number of amides is 1. The molecule has 1 amide bonds. The number of rotatable bonds is 9. The highest BCUT2D eigenvalue weighted by Gasteiger charge is 2.22. The molecule has 2 atom stereocenters. The molecular formula is C16H21FN4O3S. The van der Waals surface area contributed by atoms with Crippen molar-refractivity contribution in [3.8, 4) is 5.75 Å². The molecule has 1 aromatic heterocycles. The van der Waals surface area contributed by atoms with Crippen LogP contribution < -0.4 is 10.5 Å². The lowest BCUT2D eigenvalue weighted by atomic mass is 10.3. The van der Waals surface area contributed by atoms with Crippen LogP contribution in [0.25, 0.3) is 0 Å². The molecule has 0 bridgehead atoms. The van der Waals surface area contributed by atoms with Crippen LogP contribution in [0, 0.1) is 5.82 Å². The molecule has 2 aromatic rings. The molecule has 0 saturated carbocycles. The third-order valence-corrected chi connectivity index (χ3v) is 4.54. The smallest absolute Gasteiger partial charge is 0.230 e. The van der Waals surface area contributed by atoms with Gasteiger partial charge >= 0.3 is 0 Å². The molecule has 9 heteroatoms. The molecule has 0 aliphatic heterocycles. The first-order valence-corrected chi connectivity index (χ1v) is 8.58. The van der Waals surface area contributed by atoms with E-state index in [4.69, 9.17) is 15.2 Å². The minimum absolute atomic E-state index is 0.0352. The number of ether oxygens (including phenoxy) is 2. The number of thioether (sulfide) groups is 1. The average Bonchev–Trinajstić information content (AvgIpc) is 2.97. The van der Waals surface area contributed by atoms with Crippen LogP contribution in [0.4, 0.5) is 4.39 Å². The van der Waals surface area contributed by atoms with E-state index in [2.05, 4.69) is 10.2 Å². The number of nitrogens with zero attached hydrogens (tertiary/aromatic N) is 3. The fourth-order valence-electron chi connectivity index (χ4n) is 2.16. The summed E-state index contributed by atoms with van der Waals surface area (Å²) in [4.78, 5) is 11.3. The topological polar surface area (TPSA) is 92.3 Å². The standard InChI is InChI=1S/C16H21FN4O3S/c1-10(8-23-3)21-14(9-24-13-7-5-4-6-12(13)17)19-20-16(21)25-11(2)15(18)22/h4-7,10-11H,8-9H2,1-3H3,(H2,18,22). The van der Waals surface area contributed by atoms with Crippen LogP contribution in [0.15, 0.2) is 29.4 Å². The molecule has 136 valence electrons. The average molecular weight is 368 g/mol. The number of aromatic nitrogens is 3. The molecule has 1 heterocycles. The van der Waals surface area contributed by atoms with Gasteiger partial charge in [-0.2, -0.15) is 0 Å². The Morgan fingerprint density at radius 3 is 2.72 bits per heavy atom. The zero-order valence-electron chi connectivity index (χ0n) is 14.3. The molecule has 0 radical (unpaired) electrons. The Bertz CT molecular complexity index is 725. The van der Waals surface area contributed by atoms with E-state index in [-0.39, 0.29) is 18.4 Å². The van der Waals surface area contributed by atoms with Crippen LogP contribution >= 0.6 is 11.8 Å². The lowest BCUT2D eigenvalue weighted by Gasteiger charge is -2.18. The molecule has 0 saturated heterocycles. The van der Waals surface area contributed by atoms with E-state index in [9.17, 15) is 9.18 Å². The minimum atomic E-state index is -0.460. The van der Waals surface area contributed by atoms with Gasteiger partial charge in [0.25, 0.3) is 0 Å². The van der Waals surface area contributed by atoms with Gasteiger partial charge in [0.1, 0.15) is 6.61 Å². The summed E-state index contributed by atoms with van der Waals surface area (Å²) in [6, 6.07) is 6.04. The largest absolute Gasteiger partial charge is 0.483 e. The van der Waals surface area contributed by atoms with E-state index in [1.54, 1.807) is 32.2 Å². The molecule has 0 aliphatic rings. The molecule has 2 N–H and O–H groups in total.